The van der Waals surface area contributed by atoms with Gasteiger partial charge in [-0.05, 0) is 23.7 Å². The molecule has 28 heavy (non-hydrogen) atoms. The lowest BCUT2D eigenvalue weighted by atomic mass is 9.95. The predicted octanol–water partition coefficient (Wildman–Crippen LogP) is 1.03. The van der Waals surface area contributed by atoms with E-state index in [-0.39, 0.29) is 11.8 Å². The molecule has 8 heteroatoms. The van der Waals surface area contributed by atoms with Crippen LogP contribution in [0.15, 0.2) is 47.6 Å². The van der Waals surface area contributed by atoms with Crippen LogP contribution in [-0.4, -0.2) is 78.4 Å². The summed E-state index contributed by atoms with van der Waals surface area (Å²) in [6.45, 7) is 0. The van der Waals surface area contributed by atoms with E-state index in [0.29, 0.717) is 12.8 Å². The van der Waals surface area contributed by atoms with Crippen LogP contribution < -0.4 is 0 Å². The maximum absolute atomic E-state index is 14.0. The SMILES string of the molecule is CS[C@@]12CC3=CC=C[C@H](O)[C@H]3N1C(=O)[C@]1(SC)CC3=CC=C[C@H](O)[C@H]3N1C2=O. The summed E-state index contributed by atoms with van der Waals surface area (Å²) in [7, 11) is 0. The van der Waals surface area contributed by atoms with Crippen LogP contribution in [0.1, 0.15) is 12.8 Å². The van der Waals surface area contributed by atoms with E-state index in [1.54, 1.807) is 34.1 Å². The topological polar surface area (TPSA) is 81.1 Å². The Morgan fingerprint density at radius 1 is 0.857 bits per heavy atom. The number of hydrogen-bond donors (Lipinski definition) is 2. The number of hydrogen-bond acceptors (Lipinski definition) is 6. The van der Waals surface area contributed by atoms with Gasteiger partial charge in [-0.2, -0.15) is 0 Å². The van der Waals surface area contributed by atoms with E-state index in [2.05, 4.69) is 0 Å². The van der Waals surface area contributed by atoms with Gasteiger partial charge in [0, 0.05) is 12.8 Å². The Morgan fingerprint density at radius 3 is 1.61 bits per heavy atom. The van der Waals surface area contributed by atoms with E-state index in [1.807, 2.05) is 24.7 Å². The molecule has 6 nitrogen and oxygen atoms in total. The minimum atomic E-state index is -1.09. The summed E-state index contributed by atoms with van der Waals surface area (Å²) < 4.78 is 0. The molecule has 0 aromatic heterocycles. The molecule has 5 rings (SSSR count). The number of fused-ring (bicyclic) bond motifs is 6. The number of carbonyl (C=O) groups excluding carboxylic acids is 2. The van der Waals surface area contributed by atoms with Crippen molar-refractivity contribution in [1.29, 1.82) is 0 Å². The van der Waals surface area contributed by atoms with Crippen LogP contribution in [0.4, 0.5) is 0 Å². The molecule has 0 saturated carbocycles. The Hall–Kier alpha value is -1.48. The van der Waals surface area contributed by atoms with E-state index in [4.69, 9.17) is 0 Å². The third kappa shape index (κ3) is 1.99. The fourth-order valence-electron chi connectivity index (χ4n) is 5.40. The first-order valence-electron chi connectivity index (χ1n) is 9.30. The van der Waals surface area contributed by atoms with Crippen molar-refractivity contribution in [2.45, 2.75) is 46.9 Å². The van der Waals surface area contributed by atoms with E-state index < -0.39 is 34.0 Å². The quantitative estimate of drug-likeness (QED) is 0.697. The van der Waals surface area contributed by atoms with Gasteiger partial charge in [0.05, 0.1) is 24.3 Å². The number of thioether (sulfide) groups is 2. The highest BCUT2D eigenvalue weighted by Crippen LogP contribution is 2.59. The Balaban J connectivity index is 1.70. The van der Waals surface area contributed by atoms with Crippen LogP contribution in [0, 0.1) is 0 Å². The molecule has 2 aliphatic carbocycles. The van der Waals surface area contributed by atoms with Crippen LogP contribution in [0.25, 0.3) is 0 Å². The van der Waals surface area contributed by atoms with Crippen molar-refractivity contribution in [2.24, 2.45) is 0 Å². The predicted molar refractivity (Wildman–Crippen MR) is 109 cm³/mol. The molecule has 2 N–H and O–H groups in total. The van der Waals surface area contributed by atoms with Gasteiger partial charge in [0.15, 0.2) is 9.74 Å². The molecule has 0 spiro atoms. The molecule has 3 aliphatic heterocycles. The zero-order valence-corrected chi connectivity index (χ0v) is 17.2. The maximum atomic E-state index is 14.0. The number of carbonyl (C=O) groups is 2. The van der Waals surface area contributed by atoms with Crippen LogP contribution in [0.5, 0.6) is 0 Å². The van der Waals surface area contributed by atoms with E-state index >= 15 is 0 Å². The second-order valence-electron chi connectivity index (χ2n) is 7.80. The summed E-state index contributed by atoms with van der Waals surface area (Å²) in [5, 5.41) is 21.3. The standard InChI is InChI=1S/C20H22N2O4S2/c1-27-19-9-11-5-3-7-13(23)15(11)21(19)18(26)20(28-2)10-12-6-4-8-14(24)16(12)22(20)17(19)25/h3-8,13-16,23-24H,9-10H2,1-2H3/t13-,14-,15-,16-,19+,20+/m0/s1. The van der Waals surface area contributed by atoms with Crippen molar-refractivity contribution < 1.29 is 19.8 Å². The van der Waals surface area contributed by atoms with Crippen molar-refractivity contribution >= 4 is 35.3 Å². The third-order valence-electron chi connectivity index (χ3n) is 6.65. The molecule has 0 bridgehead atoms. The van der Waals surface area contributed by atoms with Gasteiger partial charge in [-0.15, -0.1) is 23.5 Å². The van der Waals surface area contributed by atoms with Crippen LogP contribution in [-0.2, 0) is 9.59 Å². The monoisotopic (exact) mass is 418 g/mol. The number of aliphatic hydroxyl groups is 2. The Morgan fingerprint density at radius 2 is 1.25 bits per heavy atom. The molecule has 3 fully saturated rings. The van der Waals surface area contributed by atoms with Gasteiger partial charge in [-0.25, -0.2) is 0 Å². The average Bonchev–Trinajstić information content (AvgIpc) is 3.22. The summed E-state index contributed by atoms with van der Waals surface area (Å²) in [6.07, 6.45) is 13.6. The largest absolute Gasteiger partial charge is 0.387 e. The summed E-state index contributed by atoms with van der Waals surface area (Å²) in [5.74, 6) is -0.307. The molecule has 2 amide bonds. The highest BCUT2D eigenvalue weighted by atomic mass is 32.2. The maximum Gasteiger partial charge on any atom is 0.261 e. The van der Waals surface area contributed by atoms with Crippen molar-refractivity contribution in [3.8, 4) is 0 Å². The lowest BCUT2D eigenvalue weighted by Crippen LogP contribution is -2.74. The number of rotatable bonds is 2. The smallest absolute Gasteiger partial charge is 0.261 e. The van der Waals surface area contributed by atoms with Gasteiger partial charge in [-0.3, -0.25) is 9.59 Å². The molecule has 0 radical (unpaired) electrons. The number of aliphatic hydroxyl groups excluding tert-OH is 2. The molecule has 0 aromatic rings. The molecule has 3 heterocycles. The highest BCUT2D eigenvalue weighted by Gasteiger charge is 2.72. The molecular weight excluding hydrogens is 396 g/mol. The van der Waals surface area contributed by atoms with Gasteiger partial charge in [0.1, 0.15) is 0 Å². The lowest BCUT2D eigenvalue weighted by molar-refractivity contribution is -0.167. The Kier molecular flexibility index (Phi) is 3.98. The number of nitrogens with zero attached hydrogens (tertiary/aromatic N) is 2. The molecule has 148 valence electrons. The van der Waals surface area contributed by atoms with Crippen molar-refractivity contribution in [1.82, 2.24) is 9.80 Å². The Bertz CT molecular complexity index is 825. The summed E-state index contributed by atoms with van der Waals surface area (Å²) >= 11 is 2.70. The molecule has 0 unspecified atom stereocenters. The fraction of sp³-hybridized carbons (Fsp3) is 0.500. The number of allylic oxidation sites excluding steroid dienone is 4. The normalized spacial score (nSPS) is 43.4. The van der Waals surface area contributed by atoms with E-state index in [0.717, 1.165) is 11.1 Å². The summed E-state index contributed by atoms with van der Waals surface area (Å²) in [5.41, 5.74) is 1.81. The minimum absolute atomic E-state index is 0.154. The lowest BCUT2D eigenvalue weighted by Gasteiger charge is -2.54. The molecule has 0 aromatic carbocycles. The first-order valence-corrected chi connectivity index (χ1v) is 11.7. The van der Waals surface area contributed by atoms with Crippen LogP contribution >= 0.6 is 23.5 Å². The first-order chi connectivity index (χ1) is 13.4. The zero-order valence-electron chi connectivity index (χ0n) is 15.6. The highest BCUT2D eigenvalue weighted by molar-refractivity contribution is 8.01. The first kappa shape index (κ1) is 18.5. The molecular formula is C20H22N2O4S2. The second-order valence-corrected chi connectivity index (χ2v) is 9.97. The Labute approximate surface area is 172 Å². The summed E-state index contributed by atoms with van der Waals surface area (Å²) in [6, 6.07) is -1.03. The molecule has 5 aliphatic rings. The number of piperazine rings is 1. The zero-order chi connectivity index (χ0) is 19.8. The van der Waals surface area contributed by atoms with Gasteiger partial charge in [0.25, 0.3) is 11.8 Å². The molecule has 6 atom stereocenters. The van der Waals surface area contributed by atoms with Crippen molar-refractivity contribution in [3.63, 3.8) is 0 Å². The number of amides is 2. The summed E-state index contributed by atoms with van der Waals surface area (Å²) in [4.78, 5) is 29.1. The van der Waals surface area contributed by atoms with E-state index in [1.165, 1.54) is 23.5 Å². The van der Waals surface area contributed by atoms with Gasteiger partial charge in [0.2, 0.25) is 0 Å². The van der Waals surface area contributed by atoms with E-state index in [9.17, 15) is 19.8 Å². The van der Waals surface area contributed by atoms with Crippen LogP contribution in [0.3, 0.4) is 0 Å². The van der Waals surface area contributed by atoms with Crippen LogP contribution in [0.2, 0.25) is 0 Å². The van der Waals surface area contributed by atoms with Gasteiger partial charge < -0.3 is 20.0 Å². The minimum Gasteiger partial charge on any atom is -0.387 e. The van der Waals surface area contributed by atoms with Gasteiger partial charge in [-0.1, -0.05) is 36.5 Å². The average molecular weight is 419 g/mol. The fourth-order valence-corrected chi connectivity index (χ4v) is 7.35. The van der Waals surface area contributed by atoms with Gasteiger partial charge >= 0.3 is 0 Å². The van der Waals surface area contributed by atoms with Crippen molar-refractivity contribution in [3.05, 3.63) is 47.6 Å². The third-order valence-corrected chi connectivity index (χ3v) is 9.03. The van der Waals surface area contributed by atoms with Crippen molar-refractivity contribution in [2.75, 3.05) is 12.5 Å². The second kappa shape index (κ2) is 6.01. The molecule has 3 saturated heterocycles.